The molecular formula is C10H13N5O7S2. The van der Waals surface area contributed by atoms with Crippen LogP contribution in [-0.2, 0) is 20.2 Å². The Kier molecular flexibility index (Phi) is 4.51. The van der Waals surface area contributed by atoms with Crippen molar-refractivity contribution in [1.82, 2.24) is 10.2 Å². The van der Waals surface area contributed by atoms with Gasteiger partial charge in [0.05, 0.1) is 10.6 Å². The van der Waals surface area contributed by atoms with Crippen LogP contribution < -0.4 is 16.4 Å². The average Bonchev–Trinajstić information content (AvgIpc) is 2.42. The van der Waals surface area contributed by atoms with E-state index >= 15 is 0 Å². The fourth-order valence-electron chi connectivity index (χ4n) is 1.74. The highest BCUT2D eigenvalue weighted by molar-refractivity contribution is 7.86. The first-order valence-electron chi connectivity index (χ1n) is 6.13. The predicted molar refractivity (Wildman–Crippen MR) is 81.4 cm³/mol. The van der Waals surface area contributed by atoms with E-state index in [9.17, 15) is 26.2 Å². The van der Waals surface area contributed by atoms with Gasteiger partial charge in [0.25, 0.3) is 20.2 Å². The quantitative estimate of drug-likeness (QED) is 0.403. The van der Waals surface area contributed by atoms with Gasteiger partial charge in [-0.25, -0.2) is 9.79 Å². The number of amides is 2. The summed E-state index contributed by atoms with van der Waals surface area (Å²) in [4.78, 5) is 15.1. The van der Waals surface area contributed by atoms with E-state index in [0.29, 0.717) is 0 Å². The van der Waals surface area contributed by atoms with E-state index in [2.05, 4.69) is 15.6 Å². The van der Waals surface area contributed by atoms with Gasteiger partial charge in [-0.2, -0.15) is 16.8 Å². The summed E-state index contributed by atoms with van der Waals surface area (Å²) in [6.45, 7) is 0. The third kappa shape index (κ3) is 3.80. The minimum absolute atomic E-state index is 0.275. The first kappa shape index (κ1) is 18.1. The number of aliphatic imine (C=N–C) groups is 1. The summed E-state index contributed by atoms with van der Waals surface area (Å²) in [5.41, 5.74) is 5.13. The number of anilines is 1. The number of urea groups is 1. The Morgan fingerprint density at radius 3 is 2.38 bits per heavy atom. The zero-order valence-electron chi connectivity index (χ0n) is 12.0. The second kappa shape index (κ2) is 5.99. The summed E-state index contributed by atoms with van der Waals surface area (Å²) in [6, 6.07) is 1.64. The smallest absolute Gasteiger partial charge is 0.325 e. The van der Waals surface area contributed by atoms with E-state index in [1.54, 1.807) is 0 Å². The highest BCUT2D eigenvalue weighted by atomic mass is 32.2. The van der Waals surface area contributed by atoms with Gasteiger partial charge in [0.1, 0.15) is 4.90 Å². The number of carbonyl (C=O) groups excluding carboxylic acids is 1. The standard InChI is InChI=1S/C10H13N5O7S2/c1-15-8(11)13-9(14-10(15)16)12-6-4-5(23(17,18)19)2-3-7(6)24(20,21)22/h2-4,8H,11H2,1H3,(H,17,18,19)(H,20,21,22)(H2,12,13,14,16). The van der Waals surface area contributed by atoms with Crippen molar-refractivity contribution < 1.29 is 30.7 Å². The van der Waals surface area contributed by atoms with E-state index in [1.807, 2.05) is 0 Å². The Balaban J connectivity index is 2.52. The topological polar surface area (TPSA) is 191 Å². The number of nitrogens with zero attached hydrogens (tertiary/aromatic N) is 2. The van der Waals surface area contributed by atoms with Gasteiger partial charge in [0.15, 0.2) is 6.29 Å². The van der Waals surface area contributed by atoms with Crippen LogP contribution in [0.15, 0.2) is 33.0 Å². The van der Waals surface area contributed by atoms with Gasteiger partial charge in [-0.1, -0.05) is 0 Å². The molecule has 12 nitrogen and oxygen atoms in total. The predicted octanol–water partition coefficient (Wildman–Crippen LogP) is -1.15. The molecule has 1 aliphatic rings. The second-order valence-electron chi connectivity index (χ2n) is 4.67. The fraction of sp³-hybridized carbons (Fsp3) is 0.200. The second-order valence-corrected chi connectivity index (χ2v) is 7.48. The number of nitrogens with one attached hydrogen (secondary N) is 2. The lowest BCUT2D eigenvalue weighted by Gasteiger charge is -2.28. The van der Waals surface area contributed by atoms with Crippen molar-refractivity contribution in [1.29, 1.82) is 0 Å². The molecule has 0 fully saturated rings. The number of rotatable bonds is 3. The number of hydrogen-bond acceptors (Lipinski definition) is 8. The van der Waals surface area contributed by atoms with Crippen LogP contribution in [0.1, 0.15) is 0 Å². The maximum Gasteiger partial charge on any atom is 0.326 e. The molecule has 1 unspecified atom stereocenters. The van der Waals surface area contributed by atoms with E-state index in [0.717, 1.165) is 23.1 Å². The van der Waals surface area contributed by atoms with Crippen LogP contribution >= 0.6 is 0 Å². The van der Waals surface area contributed by atoms with Crippen LogP contribution in [0.25, 0.3) is 0 Å². The lowest BCUT2D eigenvalue weighted by Crippen LogP contribution is -2.55. The third-order valence-electron chi connectivity index (χ3n) is 2.98. The minimum atomic E-state index is -4.73. The number of benzene rings is 1. The monoisotopic (exact) mass is 379 g/mol. The molecule has 0 saturated heterocycles. The van der Waals surface area contributed by atoms with Crippen molar-refractivity contribution >= 4 is 37.9 Å². The van der Waals surface area contributed by atoms with Gasteiger partial charge in [0.2, 0.25) is 5.96 Å². The molecule has 6 N–H and O–H groups in total. The normalized spacial score (nSPS) is 18.8. The van der Waals surface area contributed by atoms with E-state index in [4.69, 9.17) is 10.3 Å². The van der Waals surface area contributed by atoms with Gasteiger partial charge in [-0.15, -0.1) is 0 Å². The summed E-state index contributed by atoms with van der Waals surface area (Å²) in [6.07, 6.45) is -1.07. The molecule has 0 saturated carbocycles. The Morgan fingerprint density at radius 1 is 1.25 bits per heavy atom. The molecule has 0 radical (unpaired) electrons. The maximum absolute atomic E-state index is 11.6. The first-order chi connectivity index (χ1) is 10.9. The van der Waals surface area contributed by atoms with Gasteiger partial charge in [0, 0.05) is 7.05 Å². The fourth-order valence-corrected chi connectivity index (χ4v) is 2.88. The lowest BCUT2D eigenvalue weighted by molar-refractivity contribution is 0.193. The zero-order chi connectivity index (χ0) is 18.3. The molecule has 0 aromatic heterocycles. The molecule has 1 heterocycles. The number of hydrogen-bond donors (Lipinski definition) is 5. The van der Waals surface area contributed by atoms with Crippen LogP contribution in [-0.4, -0.2) is 56.2 Å². The van der Waals surface area contributed by atoms with Crippen molar-refractivity contribution in [2.24, 2.45) is 10.7 Å². The summed E-state index contributed by atoms with van der Waals surface area (Å²) in [5, 5.41) is 4.59. The molecule has 132 valence electrons. The summed E-state index contributed by atoms with van der Waals surface area (Å²) >= 11 is 0. The molecule has 0 aliphatic carbocycles. The van der Waals surface area contributed by atoms with Crippen molar-refractivity contribution in [3.8, 4) is 0 Å². The number of nitrogens with two attached hydrogens (primary N) is 1. The molecule has 0 spiro atoms. The van der Waals surface area contributed by atoms with Crippen molar-refractivity contribution in [3.63, 3.8) is 0 Å². The molecule has 24 heavy (non-hydrogen) atoms. The molecule has 14 heteroatoms. The highest BCUT2D eigenvalue weighted by Gasteiger charge is 2.25. The highest BCUT2D eigenvalue weighted by Crippen LogP contribution is 2.25. The number of carbonyl (C=O) groups is 1. The Labute approximate surface area is 136 Å². The molecular weight excluding hydrogens is 366 g/mol. The molecule has 2 rings (SSSR count). The molecule has 2 amide bonds. The van der Waals surface area contributed by atoms with Crippen LogP contribution in [0.4, 0.5) is 10.5 Å². The van der Waals surface area contributed by atoms with Gasteiger partial charge >= 0.3 is 6.03 Å². The Bertz CT molecular complexity index is 925. The van der Waals surface area contributed by atoms with Crippen LogP contribution in [0, 0.1) is 0 Å². The van der Waals surface area contributed by atoms with E-state index in [1.165, 1.54) is 7.05 Å². The summed E-state index contributed by atoms with van der Waals surface area (Å²) < 4.78 is 63.3. The molecule has 0 bridgehead atoms. The first-order valence-corrected chi connectivity index (χ1v) is 9.01. The van der Waals surface area contributed by atoms with E-state index in [-0.39, 0.29) is 5.96 Å². The van der Waals surface area contributed by atoms with Crippen LogP contribution in [0.5, 0.6) is 0 Å². The van der Waals surface area contributed by atoms with E-state index < -0.39 is 48.0 Å². The lowest BCUT2D eigenvalue weighted by atomic mass is 10.3. The Hall–Kier alpha value is -2.26. The SMILES string of the molecule is CN1C(=O)NC(Nc2cc(S(=O)(=O)O)ccc2S(=O)(=O)O)=NC1N. The zero-order valence-corrected chi connectivity index (χ0v) is 13.7. The number of guanidine groups is 1. The summed E-state index contributed by atoms with van der Waals surface area (Å²) in [7, 11) is -8.00. The van der Waals surface area contributed by atoms with Crippen LogP contribution in [0.3, 0.4) is 0 Å². The van der Waals surface area contributed by atoms with Gasteiger partial charge in [-0.05, 0) is 18.2 Å². The van der Waals surface area contributed by atoms with Crippen molar-refractivity contribution in [2.75, 3.05) is 12.4 Å². The maximum atomic E-state index is 11.6. The largest absolute Gasteiger partial charge is 0.326 e. The summed E-state index contributed by atoms with van der Waals surface area (Å²) in [5.74, 6) is -0.275. The van der Waals surface area contributed by atoms with Crippen molar-refractivity contribution in [2.45, 2.75) is 16.1 Å². The molecule has 1 aromatic carbocycles. The third-order valence-corrected chi connectivity index (χ3v) is 4.75. The minimum Gasteiger partial charge on any atom is -0.325 e. The van der Waals surface area contributed by atoms with Crippen LogP contribution in [0.2, 0.25) is 0 Å². The van der Waals surface area contributed by atoms with Crippen molar-refractivity contribution in [3.05, 3.63) is 18.2 Å². The molecule has 1 atom stereocenters. The molecule has 1 aliphatic heterocycles. The Morgan fingerprint density at radius 2 is 1.88 bits per heavy atom. The molecule has 1 aromatic rings. The average molecular weight is 379 g/mol. The van der Waals surface area contributed by atoms with Gasteiger partial charge in [-0.3, -0.25) is 25.1 Å². The van der Waals surface area contributed by atoms with Gasteiger partial charge < -0.3 is 5.32 Å².